The van der Waals surface area contributed by atoms with Crippen molar-refractivity contribution >= 4 is 56.4 Å². The summed E-state index contributed by atoms with van der Waals surface area (Å²) in [5, 5.41) is 26.3. The summed E-state index contributed by atoms with van der Waals surface area (Å²) < 4.78 is 0.620. The highest BCUT2D eigenvalue weighted by Gasteiger charge is 2.51. The van der Waals surface area contributed by atoms with Crippen molar-refractivity contribution in [2.24, 2.45) is 5.92 Å². The van der Waals surface area contributed by atoms with Crippen molar-refractivity contribution in [3.8, 4) is 0 Å². The highest BCUT2D eigenvalue weighted by Crippen LogP contribution is 2.59. The maximum Gasteiger partial charge on any atom is 0.282 e. The summed E-state index contributed by atoms with van der Waals surface area (Å²) in [4.78, 5) is 22.9. The van der Waals surface area contributed by atoms with E-state index in [-0.39, 0.29) is 44.8 Å². The van der Waals surface area contributed by atoms with Gasteiger partial charge in [-0.25, -0.2) is 0 Å². The van der Waals surface area contributed by atoms with Crippen LogP contribution in [0.2, 0.25) is 0 Å². The molecule has 1 aliphatic heterocycles. The van der Waals surface area contributed by atoms with Crippen molar-refractivity contribution in [2.45, 2.75) is 33.9 Å². The van der Waals surface area contributed by atoms with E-state index in [1.165, 1.54) is 23.9 Å². The molecular formula is C24H19BrClN3O4S. The Morgan fingerprint density at radius 3 is 2.41 bits per heavy atom. The fourth-order valence-corrected chi connectivity index (χ4v) is 7.65. The predicted octanol–water partition coefficient (Wildman–Crippen LogP) is 7.30. The van der Waals surface area contributed by atoms with Crippen molar-refractivity contribution in [2.75, 3.05) is 5.32 Å². The highest BCUT2D eigenvalue weighted by molar-refractivity contribution is 9.10. The number of rotatable bonds is 5. The zero-order valence-electron chi connectivity index (χ0n) is 17.6. The quantitative estimate of drug-likeness (QED) is 0.200. The van der Waals surface area contributed by atoms with E-state index in [1.807, 2.05) is 18.2 Å². The number of nitro benzene ring substituents is 2. The lowest BCUT2D eigenvalue weighted by atomic mass is 9.77. The Morgan fingerprint density at radius 2 is 1.71 bits per heavy atom. The van der Waals surface area contributed by atoms with Crippen molar-refractivity contribution < 1.29 is 9.85 Å². The number of non-ortho nitro benzene ring substituents is 1. The monoisotopic (exact) mass is 559 g/mol. The van der Waals surface area contributed by atoms with Gasteiger partial charge in [0.2, 0.25) is 0 Å². The first kappa shape index (κ1) is 23.1. The number of benzene rings is 3. The van der Waals surface area contributed by atoms with Gasteiger partial charge in [-0.3, -0.25) is 20.2 Å². The molecule has 0 bridgehead atoms. The first-order valence-corrected chi connectivity index (χ1v) is 12.8. The van der Waals surface area contributed by atoms with E-state index in [9.17, 15) is 20.2 Å². The molecule has 1 heterocycles. The maximum atomic E-state index is 11.6. The van der Waals surface area contributed by atoms with Crippen LogP contribution >= 0.6 is 39.3 Å². The topological polar surface area (TPSA) is 98.3 Å². The van der Waals surface area contributed by atoms with E-state index < -0.39 is 4.92 Å². The number of hydrogen-bond donors (Lipinski definition) is 1. The minimum atomic E-state index is -0.402. The summed E-state index contributed by atoms with van der Waals surface area (Å²) in [6.07, 6.45) is 0.710. The molecule has 3 aromatic rings. The fraction of sp³-hybridized carbons (Fsp3) is 0.250. The van der Waals surface area contributed by atoms with Gasteiger partial charge in [-0.05, 0) is 45.5 Å². The van der Waals surface area contributed by atoms with Crippen LogP contribution in [0.1, 0.15) is 29.5 Å². The number of thioether (sulfide) groups is 1. The van der Waals surface area contributed by atoms with Crippen LogP contribution in [-0.4, -0.2) is 20.5 Å². The van der Waals surface area contributed by atoms with E-state index in [0.29, 0.717) is 15.8 Å². The Labute approximate surface area is 213 Å². The molecule has 2 aliphatic rings. The van der Waals surface area contributed by atoms with Gasteiger partial charge >= 0.3 is 0 Å². The van der Waals surface area contributed by atoms with Gasteiger partial charge in [-0.2, -0.15) is 0 Å². The Kier molecular flexibility index (Phi) is 6.26. The smallest absolute Gasteiger partial charge is 0.282 e. The van der Waals surface area contributed by atoms with Crippen molar-refractivity contribution in [3.63, 3.8) is 0 Å². The number of hydrogen-bond acceptors (Lipinski definition) is 6. The van der Waals surface area contributed by atoms with E-state index >= 15 is 0 Å². The van der Waals surface area contributed by atoms with Crippen LogP contribution in [0.5, 0.6) is 0 Å². The molecule has 0 saturated heterocycles. The molecule has 1 saturated carbocycles. The molecular weight excluding hydrogens is 542 g/mol. The molecule has 3 aromatic carbocycles. The number of nitrogens with one attached hydrogen (secondary N) is 1. The van der Waals surface area contributed by atoms with E-state index in [0.717, 1.165) is 16.8 Å². The van der Waals surface area contributed by atoms with Gasteiger partial charge in [0.05, 0.1) is 31.8 Å². The van der Waals surface area contributed by atoms with Crippen molar-refractivity contribution in [1.29, 1.82) is 0 Å². The Hall–Kier alpha value is -2.62. The first-order chi connectivity index (χ1) is 16.3. The largest absolute Gasteiger partial charge is 0.377 e. The van der Waals surface area contributed by atoms with Gasteiger partial charge in [0.1, 0.15) is 0 Å². The molecule has 5 unspecified atom stereocenters. The molecule has 0 amide bonds. The van der Waals surface area contributed by atoms with Crippen LogP contribution < -0.4 is 5.32 Å². The number of para-hydroxylation sites is 1. The van der Waals surface area contributed by atoms with Crippen LogP contribution in [-0.2, 0) is 0 Å². The lowest BCUT2D eigenvalue weighted by Crippen LogP contribution is -2.31. The van der Waals surface area contributed by atoms with Gasteiger partial charge in [0.15, 0.2) is 0 Å². The third kappa shape index (κ3) is 4.06. The fourth-order valence-electron chi connectivity index (χ4n) is 5.13. The Morgan fingerprint density at radius 1 is 1.00 bits per heavy atom. The van der Waals surface area contributed by atoms with Crippen LogP contribution in [0.15, 0.2) is 76.1 Å². The van der Waals surface area contributed by atoms with E-state index in [2.05, 4.69) is 33.4 Å². The summed E-state index contributed by atoms with van der Waals surface area (Å²) in [6, 6.07) is 19.8. The molecule has 5 atom stereocenters. The zero-order valence-corrected chi connectivity index (χ0v) is 20.8. The number of nitro groups is 2. The number of fused-ring (bicyclic) bond motifs is 3. The van der Waals surface area contributed by atoms with Gasteiger partial charge < -0.3 is 5.32 Å². The average molecular weight is 561 g/mol. The minimum Gasteiger partial charge on any atom is -0.377 e. The summed E-state index contributed by atoms with van der Waals surface area (Å²) >= 11 is 12.0. The second-order valence-corrected chi connectivity index (χ2v) is 11.1. The highest BCUT2D eigenvalue weighted by atomic mass is 79.9. The lowest BCUT2D eigenvalue weighted by molar-refractivity contribution is -0.387. The number of alkyl halides is 1. The van der Waals surface area contributed by atoms with Crippen LogP contribution in [0.25, 0.3) is 0 Å². The van der Waals surface area contributed by atoms with Crippen LogP contribution in [0, 0.1) is 26.1 Å². The summed E-state index contributed by atoms with van der Waals surface area (Å²) in [6.45, 7) is 0. The number of anilines is 1. The zero-order chi connectivity index (χ0) is 24.0. The molecule has 7 nitrogen and oxygen atoms in total. The molecule has 1 aliphatic carbocycles. The molecule has 1 fully saturated rings. The summed E-state index contributed by atoms with van der Waals surface area (Å²) in [5.41, 5.74) is 2.78. The van der Waals surface area contributed by atoms with Gasteiger partial charge in [0, 0.05) is 33.8 Å². The van der Waals surface area contributed by atoms with Crippen LogP contribution in [0.4, 0.5) is 17.1 Å². The second-order valence-electron chi connectivity index (χ2n) is 8.43. The summed E-state index contributed by atoms with van der Waals surface area (Å²) in [5.74, 6) is -0.0915. The lowest BCUT2D eigenvalue weighted by Gasteiger charge is -2.38. The molecule has 174 valence electrons. The van der Waals surface area contributed by atoms with Gasteiger partial charge in [-0.15, -0.1) is 23.4 Å². The molecule has 1 N–H and O–H groups in total. The second kappa shape index (κ2) is 9.20. The third-order valence-electron chi connectivity index (χ3n) is 6.57. The molecule has 10 heteroatoms. The Balaban J connectivity index is 1.58. The van der Waals surface area contributed by atoms with Crippen molar-refractivity contribution in [1.82, 2.24) is 0 Å². The van der Waals surface area contributed by atoms with E-state index in [1.54, 1.807) is 24.3 Å². The average Bonchev–Trinajstić information content (AvgIpc) is 3.15. The SMILES string of the molecule is O=[N+]([O-])c1cc(Br)c2c(c1)C1C(Cl)C(Sc3ccccc3[N+](=O)[O-])CC1C(c1ccccc1)N2. The first-order valence-electron chi connectivity index (χ1n) is 10.7. The minimum absolute atomic E-state index is 0.00278. The third-order valence-corrected chi connectivity index (χ3v) is 9.30. The van der Waals surface area contributed by atoms with E-state index in [4.69, 9.17) is 11.6 Å². The standard InChI is InChI=1S/C24H19BrClN3O4S/c25-17-11-14(28(30)31)10-15-21-16(23(27-24(15)17)13-6-2-1-3-7-13)12-20(22(21)26)34-19-9-5-4-8-18(19)29(32)33/h1-11,16,20-23,27H,12H2. The van der Waals surface area contributed by atoms with Gasteiger partial charge in [0.25, 0.3) is 11.4 Å². The van der Waals surface area contributed by atoms with Crippen LogP contribution in [0.3, 0.4) is 0 Å². The molecule has 5 rings (SSSR count). The molecule has 0 radical (unpaired) electrons. The number of halogens is 2. The molecule has 0 aromatic heterocycles. The van der Waals surface area contributed by atoms with Gasteiger partial charge in [-0.1, -0.05) is 42.5 Å². The number of nitrogens with zero attached hydrogens (tertiary/aromatic N) is 2. The van der Waals surface area contributed by atoms with Crippen molar-refractivity contribution in [3.05, 3.63) is 103 Å². The Bertz CT molecular complexity index is 1280. The summed E-state index contributed by atoms with van der Waals surface area (Å²) in [7, 11) is 0. The predicted molar refractivity (Wildman–Crippen MR) is 137 cm³/mol. The molecule has 34 heavy (non-hydrogen) atoms. The maximum absolute atomic E-state index is 11.6. The molecule has 0 spiro atoms. The normalized spacial score (nSPS) is 25.2.